The van der Waals surface area contributed by atoms with Crippen molar-refractivity contribution in [3.8, 4) is 0 Å². The van der Waals surface area contributed by atoms with Crippen LogP contribution in [-0.4, -0.2) is 40.7 Å². The Balaban J connectivity index is 1.82. The van der Waals surface area contributed by atoms with Gasteiger partial charge in [-0.2, -0.15) is 0 Å². The summed E-state index contributed by atoms with van der Waals surface area (Å²) in [7, 11) is 0. The fraction of sp³-hybridized carbons (Fsp3) is 0.571. The molecule has 1 saturated heterocycles. The fourth-order valence-corrected chi connectivity index (χ4v) is 2.14. The van der Waals surface area contributed by atoms with E-state index < -0.39 is 5.60 Å². The van der Waals surface area contributed by atoms with E-state index in [-0.39, 0.29) is 12.1 Å². The van der Waals surface area contributed by atoms with E-state index in [4.69, 9.17) is 4.74 Å². The van der Waals surface area contributed by atoms with Gasteiger partial charge in [0.1, 0.15) is 10.2 Å². The van der Waals surface area contributed by atoms with Crippen LogP contribution in [0.5, 0.6) is 0 Å². The maximum absolute atomic E-state index is 11.8. The minimum atomic E-state index is -0.442. The van der Waals surface area contributed by atoms with E-state index in [2.05, 4.69) is 26.2 Å². The van der Waals surface area contributed by atoms with Crippen LogP contribution in [0.4, 0.5) is 10.5 Å². The Morgan fingerprint density at radius 2 is 2.15 bits per heavy atom. The van der Waals surface area contributed by atoms with Crippen molar-refractivity contribution < 1.29 is 9.53 Å². The van der Waals surface area contributed by atoms with Crippen LogP contribution in [0.2, 0.25) is 0 Å². The predicted octanol–water partition coefficient (Wildman–Crippen LogP) is 3.18. The molecule has 0 bridgehead atoms. The first kappa shape index (κ1) is 15.1. The molecule has 1 amide bonds. The summed E-state index contributed by atoms with van der Waals surface area (Å²) in [6.07, 6.45) is 1.54. The van der Waals surface area contributed by atoms with Crippen LogP contribution >= 0.6 is 15.9 Å². The Morgan fingerprint density at radius 3 is 2.70 bits per heavy atom. The van der Waals surface area contributed by atoms with Gasteiger partial charge in [-0.3, -0.25) is 0 Å². The number of hydrogen-bond acceptors (Lipinski definition) is 4. The molecule has 0 spiro atoms. The second-order valence-electron chi connectivity index (χ2n) is 6.06. The van der Waals surface area contributed by atoms with Crippen molar-refractivity contribution in [2.45, 2.75) is 39.3 Å². The van der Waals surface area contributed by atoms with E-state index in [1.807, 2.05) is 33.8 Å². The molecule has 2 rings (SSSR count). The summed E-state index contributed by atoms with van der Waals surface area (Å²) in [6, 6.07) is 2.29. The molecule has 1 fully saturated rings. The van der Waals surface area contributed by atoms with E-state index in [0.717, 1.165) is 15.9 Å². The largest absolute Gasteiger partial charge is 0.444 e. The summed E-state index contributed by atoms with van der Waals surface area (Å²) in [5, 5.41) is 3.36. The van der Waals surface area contributed by atoms with Gasteiger partial charge >= 0.3 is 6.09 Å². The van der Waals surface area contributed by atoms with Crippen molar-refractivity contribution in [2.24, 2.45) is 0 Å². The SMILES string of the molecule is Cc1cc(NC2CN(C(=O)OC(C)(C)C)C2)cnc1Br. The highest BCUT2D eigenvalue weighted by Gasteiger charge is 2.33. The van der Waals surface area contributed by atoms with Gasteiger partial charge in [0.25, 0.3) is 0 Å². The van der Waals surface area contributed by atoms with Crippen LogP contribution < -0.4 is 5.32 Å². The van der Waals surface area contributed by atoms with Crippen LogP contribution in [0.25, 0.3) is 0 Å². The summed E-state index contributed by atoms with van der Waals surface area (Å²) >= 11 is 3.37. The second-order valence-corrected chi connectivity index (χ2v) is 6.81. The summed E-state index contributed by atoms with van der Waals surface area (Å²) in [4.78, 5) is 17.7. The number of rotatable bonds is 2. The van der Waals surface area contributed by atoms with E-state index >= 15 is 0 Å². The van der Waals surface area contributed by atoms with Crippen LogP contribution in [0.15, 0.2) is 16.9 Å². The van der Waals surface area contributed by atoms with Crippen molar-refractivity contribution in [1.82, 2.24) is 9.88 Å². The Labute approximate surface area is 127 Å². The number of likely N-dealkylation sites (tertiary alicyclic amines) is 1. The van der Waals surface area contributed by atoms with Crippen LogP contribution in [0.3, 0.4) is 0 Å². The molecule has 5 nitrogen and oxygen atoms in total. The Morgan fingerprint density at radius 1 is 1.50 bits per heavy atom. The number of anilines is 1. The molecule has 110 valence electrons. The van der Waals surface area contributed by atoms with Crippen molar-refractivity contribution in [3.63, 3.8) is 0 Å². The Bertz CT molecular complexity index is 508. The molecular weight excluding hydrogens is 322 g/mol. The molecule has 1 aromatic heterocycles. The molecule has 0 atom stereocenters. The average molecular weight is 342 g/mol. The smallest absolute Gasteiger partial charge is 0.410 e. The van der Waals surface area contributed by atoms with Gasteiger partial charge in [-0.25, -0.2) is 9.78 Å². The summed E-state index contributed by atoms with van der Waals surface area (Å²) in [6.45, 7) is 8.92. The number of aromatic nitrogens is 1. The minimum absolute atomic E-state index is 0.249. The van der Waals surface area contributed by atoms with Gasteiger partial charge in [0.05, 0.1) is 17.9 Å². The molecule has 1 aliphatic rings. The molecule has 2 heterocycles. The zero-order valence-electron chi connectivity index (χ0n) is 12.2. The highest BCUT2D eigenvalue weighted by atomic mass is 79.9. The lowest BCUT2D eigenvalue weighted by Gasteiger charge is -2.40. The van der Waals surface area contributed by atoms with Crippen molar-refractivity contribution in [1.29, 1.82) is 0 Å². The maximum atomic E-state index is 11.8. The van der Waals surface area contributed by atoms with E-state index in [1.165, 1.54) is 0 Å². The van der Waals surface area contributed by atoms with Gasteiger partial charge in [-0.15, -0.1) is 0 Å². The van der Waals surface area contributed by atoms with Crippen LogP contribution in [0.1, 0.15) is 26.3 Å². The van der Waals surface area contributed by atoms with Crippen LogP contribution in [0, 0.1) is 6.92 Å². The van der Waals surface area contributed by atoms with E-state index in [0.29, 0.717) is 13.1 Å². The minimum Gasteiger partial charge on any atom is -0.444 e. The molecule has 0 radical (unpaired) electrons. The number of carbonyl (C=O) groups is 1. The number of nitrogens with zero attached hydrogens (tertiary/aromatic N) is 2. The van der Waals surface area contributed by atoms with Gasteiger partial charge in [0.2, 0.25) is 0 Å². The molecule has 1 aromatic rings. The third kappa shape index (κ3) is 3.85. The molecule has 1 aliphatic heterocycles. The van der Waals surface area contributed by atoms with Gasteiger partial charge in [0.15, 0.2) is 0 Å². The number of pyridine rings is 1. The predicted molar refractivity (Wildman–Crippen MR) is 81.9 cm³/mol. The lowest BCUT2D eigenvalue weighted by molar-refractivity contribution is 0.0105. The van der Waals surface area contributed by atoms with Crippen molar-refractivity contribution >= 4 is 27.7 Å². The van der Waals surface area contributed by atoms with Crippen molar-refractivity contribution in [3.05, 3.63) is 22.4 Å². The molecule has 1 N–H and O–H groups in total. The summed E-state index contributed by atoms with van der Waals surface area (Å²) < 4.78 is 6.17. The molecule has 0 aromatic carbocycles. The van der Waals surface area contributed by atoms with Gasteiger partial charge in [-0.1, -0.05) is 0 Å². The highest BCUT2D eigenvalue weighted by molar-refractivity contribution is 9.10. The van der Waals surface area contributed by atoms with Gasteiger partial charge in [-0.05, 0) is 55.3 Å². The number of aryl methyl sites for hydroxylation is 1. The maximum Gasteiger partial charge on any atom is 0.410 e. The van der Waals surface area contributed by atoms with Crippen LogP contribution in [-0.2, 0) is 4.74 Å². The third-order valence-electron chi connectivity index (χ3n) is 2.92. The standard InChI is InChI=1S/C14H20BrN3O2/c1-9-5-10(6-16-12(9)15)17-11-7-18(8-11)13(19)20-14(2,3)4/h5-6,11,17H,7-8H2,1-4H3. The first-order valence-electron chi connectivity index (χ1n) is 6.61. The number of nitrogens with one attached hydrogen (secondary N) is 1. The summed E-state index contributed by atoms with van der Waals surface area (Å²) in [5.74, 6) is 0. The third-order valence-corrected chi connectivity index (χ3v) is 3.75. The first-order valence-corrected chi connectivity index (χ1v) is 7.40. The Hall–Kier alpha value is -1.30. The van der Waals surface area contributed by atoms with E-state index in [1.54, 1.807) is 11.1 Å². The highest BCUT2D eigenvalue weighted by Crippen LogP contribution is 2.21. The normalized spacial score (nSPS) is 15.8. The summed E-state index contributed by atoms with van der Waals surface area (Å²) in [5.41, 5.74) is 1.61. The number of hydrogen-bond donors (Lipinski definition) is 1. The quantitative estimate of drug-likeness (QED) is 0.839. The Kier molecular flexibility index (Phi) is 4.22. The fourth-order valence-electron chi connectivity index (χ4n) is 1.92. The number of halogens is 1. The molecule has 6 heteroatoms. The lowest BCUT2D eigenvalue weighted by atomic mass is 10.1. The van der Waals surface area contributed by atoms with E-state index in [9.17, 15) is 4.79 Å². The molecule has 0 aliphatic carbocycles. The second kappa shape index (κ2) is 5.60. The zero-order chi connectivity index (χ0) is 14.9. The number of amides is 1. The lowest BCUT2D eigenvalue weighted by Crippen LogP contribution is -2.57. The average Bonchev–Trinajstić information content (AvgIpc) is 2.25. The topological polar surface area (TPSA) is 54.5 Å². The molecule has 0 saturated carbocycles. The zero-order valence-corrected chi connectivity index (χ0v) is 13.8. The number of carbonyl (C=O) groups excluding carboxylic acids is 1. The van der Waals surface area contributed by atoms with Gasteiger partial charge in [0, 0.05) is 13.1 Å². The number of ether oxygens (including phenoxy) is 1. The molecule has 20 heavy (non-hydrogen) atoms. The van der Waals surface area contributed by atoms with Gasteiger partial charge < -0.3 is 15.0 Å². The molecule has 0 unspecified atom stereocenters. The molecular formula is C14H20BrN3O2. The first-order chi connectivity index (χ1) is 9.24. The van der Waals surface area contributed by atoms with Crippen molar-refractivity contribution in [2.75, 3.05) is 18.4 Å². The monoisotopic (exact) mass is 341 g/mol.